The molecule has 7 aromatic carbocycles. The molecule has 0 spiro atoms. The van der Waals surface area contributed by atoms with E-state index in [0.29, 0.717) is 11.1 Å². The number of hydrogen-bond donors (Lipinski definition) is 0. The van der Waals surface area contributed by atoms with E-state index < -0.39 is 0 Å². The number of para-hydroxylation sites is 3. The molecule has 0 aromatic heterocycles. The van der Waals surface area contributed by atoms with Crippen LogP contribution in [0.3, 0.4) is 0 Å². The van der Waals surface area contributed by atoms with Crippen LogP contribution in [-0.4, -0.2) is 6.04 Å². The Morgan fingerprint density at radius 2 is 1.09 bits per heavy atom. The normalized spacial score (nSPS) is 14.0. The summed E-state index contributed by atoms with van der Waals surface area (Å²) in [4.78, 5) is 4.52. The van der Waals surface area contributed by atoms with E-state index in [0.717, 1.165) is 56.4 Å². The quantitative estimate of drug-likeness (QED) is 0.181. The largest absolute Gasteiger partial charge is 0.333 e. The van der Waals surface area contributed by atoms with Crippen LogP contribution in [0.5, 0.6) is 0 Å². The Labute approximate surface area is 267 Å². The molecule has 0 fully saturated rings. The van der Waals surface area contributed by atoms with Gasteiger partial charge in [0.1, 0.15) is 12.1 Å². The van der Waals surface area contributed by atoms with E-state index in [1.165, 1.54) is 10.8 Å². The summed E-state index contributed by atoms with van der Waals surface area (Å²) in [5.41, 5.74) is 6.05. The van der Waals surface area contributed by atoms with Gasteiger partial charge in [0.15, 0.2) is 0 Å². The van der Waals surface area contributed by atoms with E-state index >= 15 is 0 Å². The molecule has 0 saturated heterocycles. The van der Waals surface area contributed by atoms with Gasteiger partial charge in [0, 0.05) is 22.1 Å². The molecule has 0 heterocycles. The number of benzene rings is 7. The summed E-state index contributed by atoms with van der Waals surface area (Å²) in [6, 6.07) is 48.4. The molecule has 4 nitrogen and oxygen atoms in total. The van der Waals surface area contributed by atoms with E-state index in [1.54, 1.807) is 0 Å². The first-order valence-corrected chi connectivity index (χ1v) is 15.4. The SMILES string of the molecule is N#Cc1ccccc1N(c1ccccc1)c1ccc2ccc3c(N(c4ccccc4C#N)C4C=CC=CC4)ccc4ccc1c2c43. The van der Waals surface area contributed by atoms with Gasteiger partial charge in [-0.05, 0) is 76.5 Å². The Kier molecular flexibility index (Phi) is 6.68. The van der Waals surface area contributed by atoms with Gasteiger partial charge in [-0.1, -0.05) is 103 Å². The molecule has 216 valence electrons. The summed E-state index contributed by atoms with van der Waals surface area (Å²) >= 11 is 0. The average Bonchev–Trinajstić information content (AvgIpc) is 3.13. The van der Waals surface area contributed by atoms with Crippen molar-refractivity contribution < 1.29 is 0 Å². The maximum atomic E-state index is 10.1. The fraction of sp³-hybridized carbons (Fsp3) is 0.0476. The highest BCUT2D eigenvalue weighted by Crippen LogP contribution is 2.47. The summed E-state index contributed by atoms with van der Waals surface area (Å²) in [6.45, 7) is 0. The molecule has 1 aliphatic rings. The Morgan fingerprint density at radius 3 is 1.74 bits per heavy atom. The van der Waals surface area contributed by atoms with Crippen molar-refractivity contribution in [1.29, 1.82) is 10.5 Å². The van der Waals surface area contributed by atoms with Gasteiger partial charge in [0.25, 0.3) is 0 Å². The van der Waals surface area contributed by atoms with Crippen LogP contribution in [0.25, 0.3) is 32.3 Å². The topological polar surface area (TPSA) is 54.1 Å². The average molecular weight is 589 g/mol. The highest BCUT2D eigenvalue weighted by atomic mass is 15.2. The van der Waals surface area contributed by atoms with E-state index in [-0.39, 0.29) is 6.04 Å². The van der Waals surface area contributed by atoms with E-state index in [9.17, 15) is 10.5 Å². The zero-order valence-corrected chi connectivity index (χ0v) is 25.0. The molecule has 0 amide bonds. The lowest BCUT2D eigenvalue weighted by Gasteiger charge is -2.34. The molecule has 8 rings (SSSR count). The van der Waals surface area contributed by atoms with Crippen LogP contribution in [0.15, 0.2) is 152 Å². The van der Waals surface area contributed by atoms with Crippen LogP contribution in [-0.2, 0) is 0 Å². The zero-order valence-electron chi connectivity index (χ0n) is 25.0. The number of rotatable bonds is 6. The smallest absolute Gasteiger partial charge is 0.101 e. The third-order valence-corrected chi connectivity index (χ3v) is 8.97. The van der Waals surface area contributed by atoms with Gasteiger partial charge in [-0.3, -0.25) is 0 Å². The zero-order chi connectivity index (χ0) is 31.0. The second-order valence-corrected chi connectivity index (χ2v) is 11.5. The maximum absolute atomic E-state index is 10.1. The minimum absolute atomic E-state index is 0.0598. The van der Waals surface area contributed by atoms with Crippen LogP contribution in [0, 0.1) is 22.7 Å². The first-order chi connectivity index (χ1) is 22.8. The Balaban J connectivity index is 1.42. The van der Waals surface area contributed by atoms with Gasteiger partial charge in [0.2, 0.25) is 0 Å². The summed E-state index contributed by atoms with van der Waals surface area (Å²) in [6.07, 6.45) is 9.42. The van der Waals surface area contributed by atoms with Crippen LogP contribution in [0.1, 0.15) is 17.5 Å². The molecule has 1 atom stereocenters. The number of allylic oxidation sites excluding steroid dienone is 2. The van der Waals surface area contributed by atoms with Gasteiger partial charge in [-0.2, -0.15) is 10.5 Å². The molecule has 7 aromatic rings. The number of hydrogen-bond acceptors (Lipinski definition) is 4. The molecule has 1 aliphatic carbocycles. The summed E-state index contributed by atoms with van der Waals surface area (Å²) in [7, 11) is 0. The van der Waals surface area contributed by atoms with E-state index in [4.69, 9.17) is 0 Å². The van der Waals surface area contributed by atoms with Crippen LogP contribution in [0.4, 0.5) is 28.4 Å². The van der Waals surface area contributed by atoms with Gasteiger partial charge < -0.3 is 9.80 Å². The molecule has 0 radical (unpaired) electrons. The van der Waals surface area contributed by atoms with Crippen molar-refractivity contribution in [3.05, 3.63) is 163 Å². The lowest BCUT2D eigenvalue weighted by Crippen LogP contribution is -2.30. The highest BCUT2D eigenvalue weighted by molar-refractivity contribution is 6.28. The van der Waals surface area contributed by atoms with Crippen molar-refractivity contribution in [2.75, 3.05) is 9.80 Å². The summed E-state index contributed by atoms with van der Waals surface area (Å²) in [5, 5.41) is 27.1. The fourth-order valence-electron chi connectivity index (χ4n) is 6.95. The van der Waals surface area contributed by atoms with Crippen molar-refractivity contribution in [2.45, 2.75) is 12.5 Å². The molecular weight excluding hydrogens is 560 g/mol. The van der Waals surface area contributed by atoms with Gasteiger partial charge in [-0.15, -0.1) is 0 Å². The first kappa shape index (κ1) is 27.2. The fourth-order valence-corrected chi connectivity index (χ4v) is 6.95. The molecule has 1 unspecified atom stereocenters. The van der Waals surface area contributed by atoms with Gasteiger partial charge in [-0.25, -0.2) is 0 Å². The maximum Gasteiger partial charge on any atom is 0.101 e. The van der Waals surface area contributed by atoms with Gasteiger partial charge in [0.05, 0.1) is 34.2 Å². The summed E-state index contributed by atoms with van der Waals surface area (Å²) < 4.78 is 0. The predicted octanol–water partition coefficient (Wildman–Crippen LogP) is 10.8. The van der Waals surface area contributed by atoms with Crippen molar-refractivity contribution in [2.24, 2.45) is 0 Å². The third kappa shape index (κ3) is 4.36. The molecular formula is C42H28N4. The Morgan fingerprint density at radius 1 is 0.522 bits per heavy atom. The van der Waals surface area contributed by atoms with E-state index in [1.807, 2.05) is 66.7 Å². The number of nitriles is 2. The molecule has 0 bridgehead atoms. The minimum Gasteiger partial charge on any atom is -0.333 e. The predicted molar refractivity (Wildman–Crippen MR) is 190 cm³/mol. The lowest BCUT2D eigenvalue weighted by atomic mass is 9.91. The minimum atomic E-state index is 0.0598. The van der Waals surface area contributed by atoms with E-state index in [2.05, 4.69) is 107 Å². The number of anilines is 5. The first-order valence-electron chi connectivity index (χ1n) is 15.4. The lowest BCUT2D eigenvalue weighted by molar-refractivity contribution is 0.786. The monoisotopic (exact) mass is 588 g/mol. The molecule has 0 saturated carbocycles. The summed E-state index contributed by atoms with van der Waals surface area (Å²) in [5.74, 6) is 0. The second kappa shape index (κ2) is 11.3. The molecule has 4 heteroatoms. The van der Waals surface area contributed by atoms with Crippen molar-refractivity contribution in [3.63, 3.8) is 0 Å². The Bertz CT molecular complexity index is 2390. The molecule has 46 heavy (non-hydrogen) atoms. The van der Waals surface area contributed by atoms with Crippen molar-refractivity contribution in [1.82, 2.24) is 0 Å². The Hall–Kier alpha value is -6.36. The van der Waals surface area contributed by atoms with Crippen LogP contribution >= 0.6 is 0 Å². The van der Waals surface area contributed by atoms with Gasteiger partial charge >= 0.3 is 0 Å². The third-order valence-electron chi connectivity index (χ3n) is 8.97. The van der Waals surface area contributed by atoms with Crippen molar-refractivity contribution in [3.8, 4) is 12.1 Å². The standard InChI is InChI=1S/C42H28N4/c43-27-31-11-7-9-17-37(31)45(33-13-3-1-4-14-33)39-25-21-29-20-24-36-40(26-22-30-19-23-35(39)41(29)42(30)36)46(34-15-5-2-6-16-34)38-18-10-8-12-32(38)28-44/h1-15,17-26,34H,16H2. The second-order valence-electron chi connectivity index (χ2n) is 11.5. The van der Waals surface area contributed by atoms with Crippen LogP contribution < -0.4 is 9.80 Å². The number of nitrogens with zero attached hydrogens (tertiary/aromatic N) is 4. The molecule has 0 aliphatic heterocycles. The van der Waals surface area contributed by atoms with Crippen LogP contribution in [0.2, 0.25) is 0 Å². The van der Waals surface area contributed by atoms with Crippen molar-refractivity contribution >= 4 is 60.8 Å². The highest BCUT2D eigenvalue weighted by Gasteiger charge is 2.25. The molecule has 0 N–H and O–H groups in total.